The smallest absolute Gasteiger partial charge is 0.205 e. The molecule has 0 aromatic carbocycles. The van der Waals surface area contributed by atoms with E-state index in [4.69, 9.17) is 5.84 Å². The van der Waals surface area contributed by atoms with Crippen LogP contribution in [0.5, 0.6) is 0 Å². The lowest BCUT2D eigenvalue weighted by Crippen LogP contribution is -2.45. The van der Waals surface area contributed by atoms with Crippen molar-refractivity contribution >= 4 is 5.96 Å². The average Bonchev–Trinajstić information content (AvgIpc) is 2.63. The summed E-state index contributed by atoms with van der Waals surface area (Å²) < 4.78 is 0. The highest BCUT2D eigenvalue weighted by atomic mass is 15.3. The highest BCUT2D eigenvalue weighted by Gasteiger charge is 2.21. The van der Waals surface area contributed by atoms with Gasteiger partial charge in [0.15, 0.2) is 0 Å². The first-order valence-electron chi connectivity index (χ1n) is 6.03. The van der Waals surface area contributed by atoms with Gasteiger partial charge < -0.3 is 5.32 Å². The van der Waals surface area contributed by atoms with Crippen molar-refractivity contribution in [1.29, 1.82) is 0 Å². The summed E-state index contributed by atoms with van der Waals surface area (Å²) in [6.07, 6.45) is 6.06. The van der Waals surface area contributed by atoms with Crippen molar-refractivity contribution < 1.29 is 0 Å². The van der Waals surface area contributed by atoms with Crippen LogP contribution in [0.3, 0.4) is 0 Å². The lowest BCUT2D eigenvalue weighted by atomic mass is 10.1. The van der Waals surface area contributed by atoms with E-state index in [0.717, 1.165) is 24.8 Å². The molecule has 0 aromatic rings. The quantitative estimate of drug-likeness (QED) is 0.217. The zero-order chi connectivity index (χ0) is 11.1. The lowest BCUT2D eigenvalue weighted by molar-refractivity contribution is 0.564. The molecule has 2 atom stereocenters. The van der Waals surface area contributed by atoms with Crippen molar-refractivity contribution in [2.45, 2.75) is 52.0 Å². The molecule has 4 nitrogen and oxygen atoms in total. The molecule has 0 radical (unpaired) electrons. The van der Waals surface area contributed by atoms with E-state index in [1.165, 1.54) is 25.7 Å². The van der Waals surface area contributed by atoms with Gasteiger partial charge in [-0.05, 0) is 31.6 Å². The topological polar surface area (TPSA) is 62.4 Å². The second kappa shape index (κ2) is 6.67. The molecule has 15 heavy (non-hydrogen) atoms. The first-order chi connectivity index (χ1) is 7.26. The molecule has 4 N–H and O–H groups in total. The molecule has 0 spiro atoms. The van der Waals surface area contributed by atoms with Crippen molar-refractivity contribution in [2.24, 2.45) is 16.8 Å². The van der Waals surface area contributed by atoms with Gasteiger partial charge in [0.05, 0.1) is 0 Å². The highest BCUT2D eigenvalue weighted by Crippen LogP contribution is 2.24. The monoisotopic (exact) mass is 212 g/mol. The van der Waals surface area contributed by atoms with Crippen LogP contribution in [0.25, 0.3) is 0 Å². The zero-order valence-electron chi connectivity index (χ0n) is 9.92. The Morgan fingerprint density at radius 2 is 2.27 bits per heavy atom. The molecule has 0 aromatic heterocycles. The van der Waals surface area contributed by atoms with Crippen molar-refractivity contribution in [3.8, 4) is 0 Å². The minimum Gasteiger partial charge on any atom is -0.353 e. The van der Waals surface area contributed by atoms with Crippen LogP contribution < -0.4 is 16.6 Å². The van der Waals surface area contributed by atoms with Gasteiger partial charge in [-0.15, -0.1) is 0 Å². The Bertz CT molecular complexity index is 203. The number of nitrogens with one attached hydrogen (secondary N) is 2. The van der Waals surface area contributed by atoms with E-state index >= 15 is 0 Å². The Kier molecular flexibility index (Phi) is 5.47. The van der Waals surface area contributed by atoms with Crippen LogP contribution >= 0.6 is 0 Å². The fourth-order valence-electron chi connectivity index (χ4n) is 2.01. The van der Waals surface area contributed by atoms with Crippen LogP contribution in [0.4, 0.5) is 0 Å². The number of nitrogens with two attached hydrogens (primary N) is 1. The number of nitrogens with zero attached hydrogens (tertiary/aromatic N) is 1. The summed E-state index contributed by atoms with van der Waals surface area (Å²) in [4.78, 5) is 4.39. The molecule has 0 bridgehead atoms. The second-order valence-electron chi connectivity index (χ2n) is 4.49. The molecule has 1 fully saturated rings. The second-order valence-corrected chi connectivity index (χ2v) is 4.49. The normalized spacial score (nSPS) is 26.7. The maximum atomic E-state index is 5.42. The van der Waals surface area contributed by atoms with E-state index in [1.54, 1.807) is 0 Å². The third-order valence-electron chi connectivity index (χ3n) is 2.95. The summed E-state index contributed by atoms with van der Waals surface area (Å²) in [5.74, 6) is 7.01. The van der Waals surface area contributed by atoms with Crippen molar-refractivity contribution in [3.63, 3.8) is 0 Å². The van der Waals surface area contributed by atoms with Gasteiger partial charge in [-0.1, -0.05) is 20.3 Å². The fraction of sp³-hybridized carbons (Fsp3) is 0.909. The molecule has 0 heterocycles. The minimum atomic E-state index is 0.552. The summed E-state index contributed by atoms with van der Waals surface area (Å²) in [5.41, 5.74) is 2.64. The van der Waals surface area contributed by atoms with Gasteiger partial charge in [-0.3, -0.25) is 10.4 Å². The lowest BCUT2D eigenvalue weighted by Gasteiger charge is -2.15. The number of guanidine groups is 1. The summed E-state index contributed by atoms with van der Waals surface area (Å²) in [6, 6.07) is 0.552. The summed E-state index contributed by atoms with van der Waals surface area (Å²) in [6.45, 7) is 5.31. The first kappa shape index (κ1) is 12.3. The van der Waals surface area contributed by atoms with E-state index < -0.39 is 0 Å². The number of hydrazine groups is 1. The molecule has 0 amide bonds. The number of rotatable bonds is 4. The third-order valence-corrected chi connectivity index (χ3v) is 2.95. The Hall–Kier alpha value is -0.770. The fourth-order valence-corrected chi connectivity index (χ4v) is 2.01. The Morgan fingerprint density at radius 1 is 1.47 bits per heavy atom. The largest absolute Gasteiger partial charge is 0.353 e. The van der Waals surface area contributed by atoms with E-state index in [-0.39, 0.29) is 0 Å². The van der Waals surface area contributed by atoms with Gasteiger partial charge >= 0.3 is 0 Å². The zero-order valence-corrected chi connectivity index (χ0v) is 9.92. The number of aliphatic imine (C=N–C) groups is 1. The number of hydrogen-bond acceptors (Lipinski definition) is 2. The highest BCUT2D eigenvalue weighted by molar-refractivity contribution is 5.79. The van der Waals surface area contributed by atoms with Crippen molar-refractivity contribution in [2.75, 3.05) is 6.54 Å². The predicted molar refractivity (Wildman–Crippen MR) is 64.5 cm³/mol. The van der Waals surface area contributed by atoms with Crippen molar-refractivity contribution in [1.82, 2.24) is 10.7 Å². The molecule has 0 aliphatic heterocycles. The SMILES string of the molecule is CCCCN=C(NN)NC1CCC(C)C1. The molecule has 0 saturated heterocycles. The Morgan fingerprint density at radius 3 is 2.80 bits per heavy atom. The standard InChI is InChI=1S/C11H24N4/c1-3-4-7-13-11(15-12)14-10-6-5-9(2)8-10/h9-10H,3-8,12H2,1-2H3,(H2,13,14,15). The Balaban J connectivity index is 2.29. The summed E-state index contributed by atoms with van der Waals surface area (Å²) in [5, 5.41) is 3.37. The van der Waals surface area contributed by atoms with E-state index in [2.05, 4.69) is 29.6 Å². The molecule has 2 unspecified atom stereocenters. The van der Waals surface area contributed by atoms with Gasteiger partial charge in [0, 0.05) is 12.6 Å². The van der Waals surface area contributed by atoms with Gasteiger partial charge in [0.2, 0.25) is 5.96 Å². The summed E-state index contributed by atoms with van der Waals surface area (Å²) >= 11 is 0. The number of hydrogen-bond donors (Lipinski definition) is 3. The van der Waals surface area contributed by atoms with Gasteiger partial charge in [-0.2, -0.15) is 0 Å². The van der Waals surface area contributed by atoms with Crippen LogP contribution in [0.1, 0.15) is 46.0 Å². The van der Waals surface area contributed by atoms with Crippen LogP contribution in [0.2, 0.25) is 0 Å². The first-order valence-corrected chi connectivity index (χ1v) is 6.03. The third kappa shape index (κ3) is 4.51. The molecular formula is C11H24N4. The van der Waals surface area contributed by atoms with Crippen LogP contribution in [-0.2, 0) is 0 Å². The molecule has 4 heteroatoms. The van der Waals surface area contributed by atoms with Gasteiger partial charge in [-0.25, -0.2) is 5.84 Å². The average molecular weight is 212 g/mol. The summed E-state index contributed by atoms with van der Waals surface area (Å²) in [7, 11) is 0. The van der Waals surface area contributed by atoms with Crippen LogP contribution in [0, 0.1) is 5.92 Å². The van der Waals surface area contributed by atoms with Crippen LogP contribution in [0.15, 0.2) is 4.99 Å². The van der Waals surface area contributed by atoms with Gasteiger partial charge in [0.1, 0.15) is 0 Å². The van der Waals surface area contributed by atoms with E-state index in [1.807, 2.05) is 0 Å². The Labute approximate surface area is 92.7 Å². The molecule has 1 aliphatic rings. The predicted octanol–water partition coefficient (Wildman–Crippen LogP) is 1.38. The van der Waals surface area contributed by atoms with Gasteiger partial charge in [0.25, 0.3) is 0 Å². The van der Waals surface area contributed by atoms with E-state index in [9.17, 15) is 0 Å². The van der Waals surface area contributed by atoms with Crippen molar-refractivity contribution in [3.05, 3.63) is 0 Å². The molecule has 1 rings (SSSR count). The maximum absolute atomic E-state index is 5.42. The molecule has 1 saturated carbocycles. The number of unbranched alkanes of at least 4 members (excludes halogenated alkanes) is 1. The molecule has 88 valence electrons. The van der Waals surface area contributed by atoms with Crippen LogP contribution in [-0.4, -0.2) is 18.5 Å². The maximum Gasteiger partial charge on any atom is 0.205 e. The molecular weight excluding hydrogens is 188 g/mol. The molecule has 1 aliphatic carbocycles. The minimum absolute atomic E-state index is 0.552. The van der Waals surface area contributed by atoms with E-state index in [0.29, 0.717) is 6.04 Å².